The minimum Gasteiger partial charge on any atom is -0.493 e. The van der Waals surface area contributed by atoms with E-state index in [9.17, 15) is 4.79 Å². The Morgan fingerprint density at radius 2 is 1.53 bits per heavy atom. The van der Waals surface area contributed by atoms with Gasteiger partial charge in [0, 0.05) is 44.1 Å². The first kappa shape index (κ1) is 36.2. The second-order valence-corrected chi connectivity index (χ2v) is 11.7. The fraction of sp³-hybridized carbons (Fsp3) is 0.486. The van der Waals surface area contributed by atoms with Gasteiger partial charge in [0.15, 0.2) is 11.5 Å². The Balaban J connectivity index is 1.27. The van der Waals surface area contributed by atoms with Gasteiger partial charge < -0.3 is 44.4 Å². The molecule has 0 saturated heterocycles. The fourth-order valence-corrected chi connectivity index (χ4v) is 5.63. The zero-order chi connectivity index (χ0) is 34.1. The van der Waals surface area contributed by atoms with Crippen LogP contribution in [0.5, 0.6) is 11.5 Å². The lowest BCUT2D eigenvalue weighted by atomic mass is 9.91. The summed E-state index contributed by atoms with van der Waals surface area (Å²) in [5.74, 6) is 2.53. The summed E-state index contributed by atoms with van der Waals surface area (Å²) in [5.41, 5.74) is 5.63. The van der Waals surface area contributed by atoms with Crippen LogP contribution in [0.1, 0.15) is 36.2 Å². The van der Waals surface area contributed by atoms with Crippen LogP contribution >= 0.6 is 0 Å². The van der Waals surface area contributed by atoms with Gasteiger partial charge in [0.2, 0.25) is 5.91 Å². The monoisotopic (exact) mass is 675 g/mol. The minimum atomic E-state index is -0.0499. The van der Waals surface area contributed by atoms with E-state index in [4.69, 9.17) is 33.4 Å². The Morgan fingerprint density at radius 1 is 0.776 bits per heavy atom. The molecule has 2 heterocycles. The van der Waals surface area contributed by atoms with Crippen LogP contribution in [-0.4, -0.2) is 102 Å². The second-order valence-electron chi connectivity index (χ2n) is 11.7. The van der Waals surface area contributed by atoms with Crippen LogP contribution in [0.4, 0.5) is 5.82 Å². The van der Waals surface area contributed by atoms with E-state index in [2.05, 4.69) is 57.4 Å². The number of nitrogens with one attached hydrogen (secondary N) is 3. The Kier molecular flexibility index (Phi) is 14.6. The van der Waals surface area contributed by atoms with Crippen molar-refractivity contribution in [3.63, 3.8) is 0 Å². The van der Waals surface area contributed by atoms with E-state index in [-0.39, 0.29) is 5.91 Å². The molecule has 2 aliphatic rings. The minimum absolute atomic E-state index is 0.0499. The number of anilines is 1. The third kappa shape index (κ3) is 11.5. The van der Waals surface area contributed by atoms with E-state index in [0.717, 1.165) is 41.7 Å². The van der Waals surface area contributed by atoms with Crippen molar-refractivity contribution >= 4 is 28.2 Å². The number of aryl methyl sites for hydroxylation is 1. The molecular weight excluding hydrogens is 626 g/mol. The number of fused-ring (bicyclic) bond motifs is 5. The number of amides is 1. The van der Waals surface area contributed by atoms with Crippen molar-refractivity contribution in [1.29, 1.82) is 0 Å². The summed E-state index contributed by atoms with van der Waals surface area (Å²) in [6.45, 7) is 8.20. The standard InChI is InChI=1S/C37H49N5O7/c1-27-41-33-24-34(44-2)35-23-32(33)37(42-27)40-25-28-6-5-8-29(22-28)31-9-4-3-7-30(31)26-38-11-14-45-13-10-36(43)39-12-15-46-16-17-47-18-19-48-20-21-49-35/h5-9,22-24,38H,3-4,10-21,25-26H2,1-2H3,(H,39,43)(H,40,41,42). The number of hydrogen-bond donors (Lipinski definition) is 3. The van der Waals surface area contributed by atoms with Crippen LogP contribution in [0.15, 0.2) is 54.1 Å². The maximum Gasteiger partial charge on any atom is 0.222 e. The number of hydrogen-bond acceptors (Lipinski definition) is 11. The highest BCUT2D eigenvalue weighted by molar-refractivity contribution is 5.92. The van der Waals surface area contributed by atoms with Gasteiger partial charge in [-0.2, -0.15) is 0 Å². The molecule has 0 fully saturated rings. The van der Waals surface area contributed by atoms with E-state index < -0.39 is 0 Å². The summed E-state index contributed by atoms with van der Waals surface area (Å²) in [6.07, 6.45) is 7.00. The molecule has 0 atom stereocenters. The molecule has 49 heavy (non-hydrogen) atoms. The molecule has 1 aliphatic carbocycles. The van der Waals surface area contributed by atoms with Crippen LogP contribution < -0.4 is 25.4 Å². The number of benzene rings is 2. The number of carbonyl (C=O) groups excluding carboxylic acids is 1. The zero-order valence-corrected chi connectivity index (χ0v) is 28.7. The van der Waals surface area contributed by atoms with Crippen molar-refractivity contribution in [1.82, 2.24) is 20.6 Å². The summed E-state index contributed by atoms with van der Waals surface area (Å²) in [4.78, 5) is 21.5. The summed E-state index contributed by atoms with van der Waals surface area (Å²) >= 11 is 0. The first-order chi connectivity index (χ1) is 24.1. The summed E-state index contributed by atoms with van der Waals surface area (Å²) < 4.78 is 34.2. The highest BCUT2D eigenvalue weighted by Gasteiger charge is 2.15. The van der Waals surface area contributed by atoms with Crippen LogP contribution in [0.25, 0.3) is 16.5 Å². The van der Waals surface area contributed by atoms with Crippen molar-refractivity contribution < 1.29 is 33.2 Å². The maximum absolute atomic E-state index is 12.1. The van der Waals surface area contributed by atoms with Gasteiger partial charge in [0.05, 0.1) is 65.5 Å². The van der Waals surface area contributed by atoms with E-state index in [0.29, 0.717) is 103 Å². The molecule has 5 rings (SSSR count). The molecule has 2 aromatic carbocycles. The molecule has 264 valence electrons. The number of nitrogens with zero attached hydrogens (tertiary/aromatic N) is 2. The molecule has 0 unspecified atom stereocenters. The van der Waals surface area contributed by atoms with Gasteiger partial charge >= 0.3 is 0 Å². The Morgan fingerprint density at radius 3 is 2.37 bits per heavy atom. The maximum atomic E-state index is 12.1. The van der Waals surface area contributed by atoms with E-state index in [1.165, 1.54) is 16.7 Å². The van der Waals surface area contributed by atoms with Gasteiger partial charge in [-0.1, -0.05) is 30.4 Å². The fourth-order valence-electron chi connectivity index (χ4n) is 5.63. The number of carbonyl (C=O) groups is 1. The van der Waals surface area contributed by atoms with Gasteiger partial charge in [-0.25, -0.2) is 9.97 Å². The third-order valence-electron chi connectivity index (χ3n) is 8.05. The quantitative estimate of drug-likeness (QED) is 0.343. The molecule has 0 saturated carbocycles. The zero-order valence-electron chi connectivity index (χ0n) is 28.7. The molecule has 0 spiro atoms. The Bertz CT molecular complexity index is 1580. The van der Waals surface area contributed by atoms with Gasteiger partial charge in [0.1, 0.15) is 18.2 Å². The predicted molar refractivity (Wildman–Crippen MR) is 189 cm³/mol. The van der Waals surface area contributed by atoms with Gasteiger partial charge in [0.25, 0.3) is 0 Å². The van der Waals surface area contributed by atoms with Crippen molar-refractivity contribution in [3.8, 4) is 11.5 Å². The van der Waals surface area contributed by atoms with E-state index in [1.54, 1.807) is 7.11 Å². The Hall–Kier alpha value is -4.07. The molecule has 1 amide bonds. The van der Waals surface area contributed by atoms with E-state index in [1.807, 2.05) is 19.1 Å². The molecule has 1 aromatic heterocycles. The van der Waals surface area contributed by atoms with Gasteiger partial charge in [-0.15, -0.1) is 0 Å². The number of rotatable bonds is 1. The average Bonchev–Trinajstić information content (AvgIpc) is 3.11. The largest absolute Gasteiger partial charge is 0.493 e. The van der Waals surface area contributed by atoms with Crippen LogP contribution in [0.2, 0.25) is 0 Å². The van der Waals surface area contributed by atoms with Crippen molar-refractivity contribution in [3.05, 3.63) is 71.1 Å². The first-order valence-corrected chi connectivity index (χ1v) is 17.1. The van der Waals surface area contributed by atoms with Crippen LogP contribution in [0, 0.1) is 6.92 Å². The number of allylic oxidation sites excluding steroid dienone is 2. The van der Waals surface area contributed by atoms with E-state index >= 15 is 0 Å². The molecule has 12 heteroatoms. The SMILES string of the molecule is COc1cc2nc(C)nc3c2cc1OCCOCCOCCOCCNC(=O)CCOCCNCC1=CCCC=C1c1cccc(c1)CN3. The lowest BCUT2D eigenvalue weighted by Crippen LogP contribution is -2.29. The van der Waals surface area contributed by atoms with Crippen LogP contribution in [0.3, 0.4) is 0 Å². The summed E-state index contributed by atoms with van der Waals surface area (Å²) in [5, 5.41) is 10.8. The molecule has 3 N–H and O–H groups in total. The smallest absolute Gasteiger partial charge is 0.222 e. The highest BCUT2D eigenvalue weighted by Crippen LogP contribution is 2.35. The van der Waals surface area contributed by atoms with Gasteiger partial charge in [-0.05, 0) is 54.2 Å². The second kappa shape index (κ2) is 19.8. The number of aromatic nitrogens is 2. The molecule has 0 radical (unpaired) electrons. The average molecular weight is 676 g/mol. The lowest BCUT2D eigenvalue weighted by Gasteiger charge is -2.19. The Labute approximate surface area is 288 Å². The normalized spacial score (nSPS) is 18.7. The highest BCUT2D eigenvalue weighted by atomic mass is 16.6. The molecule has 12 nitrogen and oxygen atoms in total. The van der Waals surface area contributed by atoms with Crippen molar-refractivity contribution in [2.75, 3.05) is 91.5 Å². The third-order valence-corrected chi connectivity index (χ3v) is 8.05. The van der Waals surface area contributed by atoms with Crippen molar-refractivity contribution in [2.24, 2.45) is 0 Å². The lowest BCUT2D eigenvalue weighted by molar-refractivity contribution is -0.122. The summed E-state index contributed by atoms with van der Waals surface area (Å²) in [7, 11) is 1.62. The van der Waals surface area contributed by atoms with Crippen molar-refractivity contribution in [2.45, 2.75) is 32.7 Å². The predicted octanol–water partition coefficient (Wildman–Crippen LogP) is 4.22. The first-order valence-electron chi connectivity index (χ1n) is 17.1. The summed E-state index contributed by atoms with van der Waals surface area (Å²) in [6, 6.07) is 12.4. The topological polar surface area (TPSA) is 134 Å². The number of methoxy groups -OCH3 is 1. The molecule has 1 aliphatic heterocycles. The van der Waals surface area contributed by atoms with Crippen LogP contribution in [-0.2, 0) is 30.3 Å². The number of ether oxygens (including phenoxy) is 6. The molecular formula is C37H49N5O7. The molecule has 3 aromatic rings. The van der Waals surface area contributed by atoms with Gasteiger partial charge in [-0.3, -0.25) is 4.79 Å². The molecule has 4 bridgehead atoms.